The largest absolute Gasteiger partial charge is 1.00 e. The van der Waals surface area contributed by atoms with Crippen LogP contribution in [0.1, 0.15) is 20.7 Å². The average Bonchev–Trinajstić information content (AvgIpc) is 3.87. The van der Waals surface area contributed by atoms with Crippen molar-refractivity contribution >= 4 is 56.2 Å². The van der Waals surface area contributed by atoms with Crippen LogP contribution in [0.3, 0.4) is 0 Å². The molecule has 0 spiro atoms. The number of carboxylic acid groups (broad SMARTS) is 1. The van der Waals surface area contributed by atoms with Crippen LogP contribution in [0.4, 0.5) is 0 Å². The second-order valence-corrected chi connectivity index (χ2v) is 17.4. The van der Waals surface area contributed by atoms with E-state index in [2.05, 4.69) is 9.47 Å². The van der Waals surface area contributed by atoms with E-state index in [-0.39, 0.29) is 115 Å². The van der Waals surface area contributed by atoms with E-state index in [9.17, 15) is 59.4 Å². The molecule has 404 valence electrons. The summed E-state index contributed by atoms with van der Waals surface area (Å²) in [6.07, 6.45) is -5.98. The molecule has 25 nitrogen and oxygen atoms in total. The van der Waals surface area contributed by atoms with Crippen LogP contribution in [0.25, 0.3) is 66.8 Å². The van der Waals surface area contributed by atoms with E-state index in [1.807, 2.05) is 0 Å². The van der Waals surface area contributed by atoms with Crippen molar-refractivity contribution in [3.63, 3.8) is 0 Å². The summed E-state index contributed by atoms with van der Waals surface area (Å²) in [5, 5.41) is 98.7. The van der Waals surface area contributed by atoms with E-state index < -0.39 is 94.9 Å². The van der Waals surface area contributed by atoms with Gasteiger partial charge < -0.3 is 78.9 Å². The molecule has 2 aliphatic carbocycles. The first-order valence-electron chi connectivity index (χ1n) is 22.1. The summed E-state index contributed by atoms with van der Waals surface area (Å²) in [6.45, 7) is -1.32. The molecule has 10 N–H and O–H groups in total. The first-order chi connectivity index (χ1) is 36.9. The molecule has 0 aromatic heterocycles. The number of rotatable bonds is 9. The Labute approximate surface area is 492 Å². The third kappa shape index (κ3) is 14.3. The van der Waals surface area contributed by atoms with Gasteiger partial charge in [-0.05, 0) is 59.7 Å². The van der Waals surface area contributed by atoms with Crippen molar-refractivity contribution in [3.05, 3.63) is 176 Å². The number of phenolic OH excluding ortho intramolecular Hbond substituents is 1. The van der Waals surface area contributed by atoms with Crippen molar-refractivity contribution in [1.82, 2.24) is 0 Å². The number of esters is 3. The van der Waals surface area contributed by atoms with E-state index in [1.165, 1.54) is 60.7 Å². The maximum atomic E-state index is 13.1. The van der Waals surface area contributed by atoms with Crippen molar-refractivity contribution in [2.75, 3.05) is 13.2 Å². The summed E-state index contributed by atoms with van der Waals surface area (Å²) < 4.78 is 57.4. The average molecular weight is 1140 g/mol. The zero-order valence-corrected chi connectivity index (χ0v) is 46.1. The molecule has 0 radical (unpaired) electrons. The number of aromatic carboxylic acids is 1. The van der Waals surface area contributed by atoms with E-state index in [0.717, 1.165) is 0 Å². The molecule has 0 amide bonds. The molecule has 4 atom stereocenters. The second-order valence-electron chi connectivity index (χ2n) is 16.5. The SMILES string of the molecule is O=C([O-])c1ccccc1-c1c2ccc(=O)cc-2oc2cc([O-])ccc12.O=C1OC(C(O)CO)C(O)=C1O.O=C1OC(C(O)COC(=O)c2ccccc2-c2c3ccc(=O)cc-3oc3cc(O)ccc23)C(O)=C1O.O=S(=O)(O)O.[Na+].[Na+]. The molecular formula is C52H38Na2O25S. The maximum Gasteiger partial charge on any atom is 1.00 e. The van der Waals surface area contributed by atoms with Crippen LogP contribution in [0, 0.1) is 0 Å². The third-order valence-electron chi connectivity index (χ3n) is 11.3. The molecule has 4 heterocycles. The Morgan fingerprint density at radius 2 is 1.02 bits per heavy atom. The number of fused-ring (bicyclic) bond motifs is 4. The molecule has 28 heteroatoms. The molecule has 4 aliphatic heterocycles. The molecule has 6 aliphatic rings. The predicted octanol–water partition coefficient (Wildman–Crippen LogP) is -3.01. The molecule has 4 unspecified atom stereocenters. The van der Waals surface area contributed by atoms with Gasteiger partial charge in [0.05, 0.1) is 18.1 Å². The van der Waals surface area contributed by atoms with Gasteiger partial charge in [-0.2, -0.15) is 8.42 Å². The van der Waals surface area contributed by atoms with Crippen molar-refractivity contribution in [2.45, 2.75) is 24.4 Å². The summed E-state index contributed by atoms with van der Waals surface area (Å²) in [5.74, 6) is -7.74. The summed E-state index contributed by atoms with van der Waals surface area (Å²) in [6, 6.07) is 30.2. The van der Waals surface area contributed by atoms with Gasteiger partial charge in [0.15, 0.2) is 34.6 Å². The molecule has 10 rings (SSSR count). The number of phenols is 1. The fourth-order valence-electron chi connectivity index (χ4n) is 7.92. The molecule has 4 aromatic rings. The van der Waals surface area contributed by atoms with Crippen molar-refractivity contribution < 1.29 is 170 Å². The number of aromatic hydroxyl groups is 1. The Hall–Kier alpha value is -7.83. The number of benzene rings is 6. The van der Waals surface area contributed by atoms with Crippen molar-refractivity contribution in [1.29, 1.82) is 0 Å². The van der Waals surface area contributed by atoms with E-state index in [4.69, 9.17) is 51.5 Å². The zero-order valence-electron chi connectivity index (χ0n) is 41.3. The van der Waals surface area contributed by atoms with E-state index in [0.29, 0.717) is 44.2 Å². The van der Waals surface area contributed by atoms with Crippen LogP contribution >= 0.6 is 0 Å². The monoisotopic (exact) mass is 1140 g/mol. The Balaban J connectivity index is 0.000000231. The van der Waals surface area contributed by atoms with Gasteiger partial charge in [-0.3, -0.25) is 18.7 Å². The topological polar surface area (TPSA) is 439 Å². The number of carbonyl (C=O) groups is 4. The number of cyclic esters (lactones) is 2. The van der Waals surface area contributed by atoms with Crippen molar-refractivity contribution in [2.24, 2.45) is 0 Å². The Kier molecular flexibility index (Phi) is 20.8. The number of aliphatic hydroxyl groups excluding tert-OH is 7. The van der Waals surface area contributed by atoms with Gasteiger partial charge in [-0.15, -0.1) is 5.75 Å². The Morgan fingerprint density at radius 1 is 0.588 bits per heavy atom. The van der Waals surface area contributed by atoms with Gasteiger partial charge in [-0.1, -0.05) is 54.6 Å². The number of ether oxygens (including phenoxy) is 3. The Morgan fingerprint density at radius 3 is 1.49 bits per heavy atom. The molecule has 4 aromatic carbocycles. The number of hydrogen-bond acceptors (Lipinski definition) is 23. The third-order valence-corrected chi connectivity index (χ3v) is 11.3. The van der Waals surface area contributed by atoms with Crippen LogP contribution in [0.15, 0.2) is 163 Å². The fourth-order valence-corrected chi connectivity index (χ4v) is 7.92. The van der Waals surface area contributed by atoms with Crippen LogP contribution in [0.5, 0.6) is 11.5 Å². The van der Waals surface area contributed by atoms with Crippen LogP contribution in [-0.4, -0.2) is 120 Å². The summed E-state index contributed by atoms with van der Waals surface area (Å²) in [5.41, 5.74) is 3.30. The molecule has 0 saturated carbocycles. The van der Waals surface area contributed by atoms with E-state index >= 15 is 0 Å². The quantitative estimate of drug-likeness (QED) is 0.0226. The molecule has 80 heavy (non-hydrogen) atoms. The minimum absolute atomic E-state index is 0. The first kappa shape index (κ1) is 63.0. The number of aliphatic hydroxyl groups is 7. The van der Waals surface area contributed by atoms with Gasteiger partial charge >= 0.3 is 87.4 Å². The smallest absolute Gasteiger partial charge is 0.872 e. The number of hydrogen-bond donors (Lipinski definition) is 10. The van der Waals surface area contributed by atoms with Crippen LogP contribution in [-0.2, 0) is 34.2 Å². The van der Waals surface area contributed by atoms with Gasteiger partial charge in [0.25, 0.3) is 0 Å². The number of carbonyl (C=O) groups excluding carboxylic acids is 4. The molecule has 0 saturated heterocycles. The normalized spacial score (nSPS) is 15.4. The van der Waals surface area contributed by atoms with Crippen molar-refractivity contribution in [3.8, 4) is 56.4 Å². The zero-order chi connectivity index (χ0) is 56.9. The maximum absolute atomic E-state index is 13.1. The predicted molar refractivity (Wildman–Crippen MR) is 262 cm³/mol. The summed E-state index contributed by atoms with van der Waals surface area (Å²) in [4.78, 5) is 70.1. The Bertz CT molecular complexity index is 3900. The minimum Gasteiger partial charge on any atom is -0.872 e. The number of carboxylic acids is 1. The van der Waals surface area contributed by atoms with Gasteiger partial charge in [-0.25, -0.2) is 14.4 Å². The standard InChI is InChI=1S/C26H18O10.C20H12O5.C6H8O6.2Na.H2O4S/c27-12-5-7-16-19(9-12)35-20-10-13(28)6-8-17(20)21(16)14-3-1-2-4-15(14)25(32)34-11-18(29)24-22(30)23(31)26(33)36-24;21-11-5-7-15-17(9-11)25-18-10-12(22)6-8-16(18)19(15)13-3-1-2-4-14(13)20(23)24;7-1-2(8)5-3(9)4(10)6(11)12-5;;;1-5(2,3)4/h1-10,18,24,27,29-31H,11H2;1-10,21H,(H,23,24);2,5,7-10H,1H2;;;(H2,1,2,3,4)/q;;;2*+1;/p-2. The summed E-state index contributed by atoms with van der Waals surface area (Å²) in [7, 11) is -4.67. The molecule has 0 bridgehead atoms. The minimum atomic E-state index is -4.67. The van der Waals surface area contributed by atoms with E-state index in [1.54, 1.807) is 60.7 Å². The molecule has 0 fully saturated rings. The van der Waals surface area contributed by atoms with Gasteiger partial charge in [0.1, 0.15) is 47.3 Å². The van der Waals surface area contributed by atoms with Gasteiger partial charge in [0, 0.05) is 56.8 Å². The first-order valence-corrected chi connectivity index (χ1v) is 23.5. The molecular weight excluding hydrogens is 1100 g/mol. The fraction of sp³-hybridized carbons (Fsp3) is 0.115. The van der Waals surface area contributed by atoms with Crippen LogP contribution < -0.4 is 80.2 Å². The summed E-state index contributed by atoms with van der Waals surface area (Å²) >= 11 is 0. The second kappa shape index (κ2) is 26.4. The van der Waals surface area contributed by atoms with Crippen LogP contribution in [0.2, 0.25) is 0 Å². The van der Waals surface area contributed by atoms with Gasteiger partial charge in [0.2, 0.25) is 11.5 Å².